The van der Waals surface area contributed by atoms with E-state index in [2.05, 4.69) is 4.99 Å². The van der Waals surface area contributed by atoms with Gasteiger partial charge in [0.05, 0.1) is 7.11 Å². The number of carbonyl (C=O) groups excluding carboxylic acids is 1. The second kappa shape index (κ2) is 6.45. The number of guanidine groups is 1. The van der Waals surface area contributed by atoms with Crippen LogP contribution < -0.4 is 20.9 Å². The van der Waals surface area contributed by atoms with Crippen molar-refractivity contribution in [3.8, 4) is 11.5 Å². The number of ether oxygens (including phenoxy) is 2. The maximum absolute atomic E-state index is 12.1. The third kappa shape index (κ3) is 3.08. The largest absolute Gasteiger partial charge is 0.497 e. The molecule has 1 heterocycles. The summed E-state index contributed by atoms with van der Waals surface area (Å²) in [6, 6.07) is 12.8. The van der Waals surface area contributed by atoms with Gasteiger partial charge in [-0.05, 0) is 47.5 Å². The zero-order chi connectivity index (χ0) is 17.1. The van der Waals surface area contributed by atoms with Gasteiger partial charge in [-0.25, -0.2) is 0 Å². The van der Waals surface area contributed by atoms with Crippen LogP contribution in [0.1, 0.15) is 21.5 Å². The number of aliphatic imine (C=N–C) groups is 1. The van der Waals surface area contributed by atoms with E-state index >= 15 is 0 Å². The van der Waals surface area contributed by atoms with Crippen molar-refractivity contribution in [3.63, 3.8) is 0 Å². The van der Waals surface area contributed by atoms with Gasteiger partial charge in [-0.3, -0.25) is 4.79 Å². The van der Waals surface area contributed by atoms with Crippen LogP contribution >= 0.6 is 0 Å². The molecule has 0 saturated carbocycles. The Morgan fingerprint density at radius 3 is 2.79 bits per heavy atom. The van der Waals surface area contributed by atoms with Crippen molar-refractivity contribution in [2.45, 2.75) is 0 Å². The van der Waals surface area contributed by atoms with Crippen molar-refractivity contribution in [2.24, 2.45) is 16.5 Å². The number of carbonyl (C=O) groups is 1. The van der Waals surface area contributed by atoms with Gasteiger partial charge in [-0.1, -0.05) is 12.1 Å². The topological polar surface area (TPSA) is 99.9 Å². The number of nitrogens with two attached hydrogens (primary N) is 2. The minimum Gasteiger partial charge on any atom is -0.497 e. The summed E-state index contributed by atoms with van der Waals surface area (Å²) in [7, 11) is 1.62. The number of amides is 1. The molecule has 0 unspecified atom stereocenters. The number of fused-ring (bicyclic) bond motifs is 1. The molecule has 24 heavy (non-hydrogen) atoms. The highest BCUT2D eigenvalue weighted by Crippen LogP contribution is 2.36. The molecule has 0 fully saturated rings. The SMILES string of the molecule is COc1cccc(C2=CCOc3ccc(C(=O)N=C(N)N)cc32)c1. The first kappa shape index (κ1) is 15.6. The van der Waals surface area contributed by atoms with E-state index in [1.54, 1.807) is 25.3 Å². The molecule has 122 valence electrons. The summed E-state index contributed by atoms with van der Waals surface area (Å²) in [4.78, 5) is 15.6. The van der Waals surface area contributed by atoms with Crippen LogP contribution in [0.5, 0.6) is 11.5 Å². The summed E-state index contributed by atoms with van der Waals surface area (Å²) in [6.07, 6.45) is 1.96. The number of benzene rings is 2. The van der Waals surface area contributed by atoms with Crippen LogP contribution in [0.3, 0.4) is 0 Å². The lowest BCUT2D eigenvalue weighted by molar-refractivity contribution is 0.100. The zero-order valence-corrected chi connectivity index (χ0v) is 13.2. The summed E-state index contributed by atoms with van der Waals surface area (Å²) in [5.41, 5.74) is 13.7. The maximum Gasteiger partial charge on any atom is 0.280 e. The maximum atomic E-state index is 12.1. The summed E-state index contributed by atoms with van der Waals surface area (Å²) in [5.74, 6) is 0.705. The molecule has 0 aliphatic carbocycles. The average molecular weight is 323 g/mol. The molecule has 0 atom stereocenters. The fourth-order valence-corrected chi connectivity index (χ4v) is 2.57. The van der Waals surface area contributed by atoms with Gasteiger partial charge in [0.1, 0.15) is 18.1 Å². The molecule has 1 amide bonds. The van der Waals surface area contributed by atoms with Crippen molar-refractivity contribution < 1.29 is 14.3 Å². The summed E-state index contributed by atoms with van der Waals surface area (Å²) in [5, 5.41) is 0. The third-order valence-electron chi connectivity index (χ3n) is 3.65. The first-order valence-electron chi connectivity index (χ1n) is 7.34. The van der Waals surface area contributed by atoms with Gasteiger partial charge in [0, 0.05) is 11.1 Å². The van der Waals surface area contributed by atoms with Gasteiger partial charge in [-0.15, -0.1) is 0 Å². The number of hydrogen-bond donors (Lipinski definition) is 2. The number of methoxy groups -OCH3 is 1. The van der Waals surface area contributed by atoms with Crippen LogP contribution in [-0.2, 0) is 0 Å². The van der Waals surface area contributed by atoms with E-state index in [1.165, 1.54) is 0 Å². The second-order valence-electron chi connectivity index (χ2n) is 5.21. The molecule has 4 N–H and O–H groups in total. The van der Waals surface area contributed by atoms with Gasteiger partial charge in [0.15, 0.2) is 5.96 Å². The minimum absolute atomic E-state index is 0.266. The summed E-state index contributed by atoms with van der Waals surface area (Å²) < 4.78 is 10.9. The third-order valence-corrected chi connectivity index (χ3v) is 3.65. The molecule has 3 rings (SSSR count). The predicted octanol–water partition coefficient (Wildman–Crippen LogP) is 1.93. The summed E-state index contributed by atoms with van der Waals surface area (Å²) >= 11 is 0. The Balaban J connectivity index is 2.05. The molecule has 6 nitrogen and oxygen atoms in total. The quantitative estimate of drug-likeness (QED) is 0.664. The van der Waals surface area contributed by atoms with E-state index in [0.29, 0.717) is 17.9 Å². The molecule has 1 aliphatic heterocycles. The fraction of sp³-hybridized carbons (Fsp3) is 0.111. The summed E-state index contributed by atoms with van der Waals surface area (Å²) in [6.45, 7) is 0.459. The van der Waals surface area contributed by atoms with Crippen LogP contribution in [0.2, 0.25) is 0 Å². The zero-order valence-electron chi connectivity index (χ0n) is 13.2. The van der Waals surface area contributed by atoms with Crippen LogP contribution in [0.15, 0.2) is 53.5 Å². The van der Waals surface area contributed by atoms with Crippen molar-refractivity contribution in [1.29, 1.82) is 0 Å². The van der Waals surface area contributed by atoms with E-state index < -0.39 is 5.91 Å². The molecular weight excluding hydrogens is 306 g/mol. The highest BCUT2D eigenvalue weighted by molar-refractivity contribution is 6.03. The van der Waals surface area contributed by atoms with E-state index in [-0.39, 0.29) is 5.96 Å². The lowest BCUT2D eigenvalue weighted by Crippen LogP contribution is -2.24. The van der Waals surface area contributed by atoms with Crippen molar-refractivity contribution in [3.05, 3.63) is 65.2 Å². The van der Waals surface area contributed by atoms with E-state index in [0.717, 1.165) is 22.4 Å². The molecule has 0 bridgehead atoms. The van der Waals surface area contributed by atoms with Gasteiger partial charge in [-0.2, -0.15) is 4.99 Å². The molecule has 2 aromatic carbocycles. The highest BCUT2D eigenvalue weighted by Gasteiger charge is 2.18. The molecule has 6 heteroatoms. The van der Waals surface area contributed by atoms with E-state index in [4.69, 9.17) is 20.9 Å². The molecule has 0 aromatic heterocycles. The fourth-order valence-electron chi connectivity index (χ4n) is 2.57. The van der Waals surface area contributed by atoms with Crippen LogP contribution in [0, 0.1) is 0 Å². The second-order valence-corrected chi connectivity index (χ2v) is 5.21. The van der Waals surface area contributed by atoms with Gasteiger partial charge in [0.25, 0.3) is 5.91 Å². The average Bonchev–Trinajstić information content (AvgIpc) is 2.60. The number of nitrogens with zero attached hydrogens (tertiary/aromatic N) is 1. The standard InChI is InChI=1S/C18H17N3O3/c1-23-13-4-2-3-11(9-13)14-7-8-24-16-6-5-12(10-15(14)16)17(22)21-18(19)20/h2-7,9-10H,8H2,1H3,(H4,19,20,21,22). The Labute approximate surface area is 139 Å². The molecule has 0 radical (unpaired) electrons. The van der Waals surface area contributed by atoms with Gasteiger partial charge >= 0.3 is 0 Å². The van der Waals surface area contributed by atoms with Crippen LogP contribution in [0.4, 0.5) is 0 Å². The minimum atomic E-state index is -0.492. The smallest absolute Gasteiger partial charge is 0.280 e. The van der Waals surface area contributed by atoms with Crippen LogP contribution in [0.25, 0.3) is 5.57 Å². The Hall–Kier alpha value is -3.28. The van der Waals surface area contributed by atoms with E-state index in [1.807, 2.05) is 30.3 Å². The molecule has 0 saturated heterocycles. The number of rotatable bonds is 3. The van der Waals surface area contributed by atoms with E-state index in [9.17, 15) is 4.79 Å². The predicted molar refractivity (Wildman–Crippen MR) is 92.2 cm³/mol. The normalized spacial score (nSPS) is 12.5. The van der Waals surface area contributed by atoms with Crippen molar-refractivity contribution in [2.75, 3.05) is 13.7 Å². The lowest BCUT2D eigenvalue weighted by Gasteiger charge is -2.20. The first-order valence-corrected chi connectivity index (χ1v) is 7.34. The Kier molecular flexibility index (Phi) is 4.20. The van der Waals surface area contributed by atoms with Crippen LogP contribution in [-0.4, -0.2) is 25.6 Å². The molecular formula is C18H17N3O3. The van der Waals surface area contributed by atoms with Crippen molar-refractivity contribution in [1.82, 2.24) is 0 Å². The lowest BCUT2D eigenvalue weighted by atomic mass is 9.94. The highest BCUT2D eigenvalue weighted by atomic mass is 16.5. The van der Waals surface area contributed by atoms with Gasteiger partial charge < -0.3 is 20.9 Å². The molecule has 2 aromatic rings. The molecule has 0 spiro atoms. The Morgan fingerprint density at radius 2 is 2.04 bits per heavy atom. The van der Waals surface area contributed by atoms with Gasteiger partial charge in [0.2, 0.25) is 0 Å². The monoisotopic (exact) mass is 323 g/mol. The first-order chi connectivity index (χ1) is 11.6. The number of hydrogen-bond acceptors (Lipinski definition) is 3. The molecule has 1 aliphatic rings. The Morgan fingerprint density at radius 1 is 1.21 bits per heavy atom. The Bertz CT molecular complexity index is 852. The van der Waals surface area contributed by atoms with Crippen molar-refractivity contribution >= 4 is 17.4 Å².